The largest absolute Gasteiger partial charge is 0.490 e. The van der Waals surface area contributed by atoms with E-state index in [-0.39, 0.29) is 6.04 Å². The Hall–Kier alpha value is -0.870. The summed E-state index contributed by atoms with van der Waals surface area (Å²) in [5.74, 6) is 3.98. The van der Waals surface area contributed by atoms with Crippen LogP contribution >= 0.6 is 11.8 Å². The molecule has 1 atom stereocenters. The van der Waals surface area contributed by atoms with Gasteiger partial charge in [0.25, 0.3) is 0 Å². The summed E-state index contributed by atoms with van der Waals surface area (Å²) in [5.41, 5.74) is 7.23. The molecular formula is C17H29NO2S. The van der Waals surface area contributed by atoms with E-state index in [0.29, 0.717) is 6.61 Å². The van der Waals surface area contributed by atoms with Gasteiger partial charge in [-0.25, -0.2) is 0 Å². The maximum Gasteiger partial charge on any atom is 0.161 e. The van der Waals surface area contributed by atoms with Gasteiger partial charge in [0.15, 0.2) is 11.5 Å². The zero-order valence-electron chi connectivity index (χ0n) is 13.6. The standard InChI is InChI=1S/C17H29NO2S/c1-4-15(18)12-14-8-9-16(17(13-14)19-5-2)20-10-7-11-21-6-3/h8-9,13,15H,4-7,10-12,18H2,1-3H3. The number of nitrogens with two attached hydrogens (primary N) is 1. The van der Waals surface area contributed by atoms with Crippen LogP contribution in [0.4, 0.5) is 0 Å². The lowest BCUT2D eigenvalue weighted by atomic mass is 10.0. The molecule has 0 heterocycles. The molecule has 3 nitrogen and oxygen atoms in total. The monoisotopic (exact) mass is 311 g/mol. The Kier molecular flexibility index (Phi) is 9.35. The Labute approximate surface area is 133 Å². The first kappa shape index (κ1) is 18.2. The van der Waals surface area contributed by atoms with Crippen molar-refractivity contribution in [2.24, 2.45) is 5.73 Å². The second-order valence-electron chi connectivity index (χ2n) is 4.99. The van der Waals surface area contributed by atoms with Gasteiger partial charge in [-0.15, -0.1) is 0 Å². The van der Waals surface area contributed by atoms with Gasteiger partial charge in [0.1, 0.15) is 0 Å². The highest BCUT2D eigenvalue weighted by Gasteiger charge is 2.08. The van der Waals surface area contributed by atoms with E-state index in [9.17, 15) is 0 Å². The first-order chi connectivity index (χ1) is 10.2. The van der Waals surface area contributed by atoms with Gasteiger partial charge in [0.2, 0.25) is 0 Å². The van der Waals surface area contributed by atoms with Crippen LogP contribution in [0, 0.1) is 0 Å². The molecule has 4 heteroatoms. The van der Waals surface area contributed by atoms with Crippen LogP contribution in [0.5, 0.6) is 11.5 Å². The van der Waals surface area contributed by atoms with Crippen LogP contribution in [0.15, 0.2) is 18.2 Å². The molecule has 1 aromatic carbocycles. The lowest BCUT2D eigenvalue weighted by Crippen LogP contribution is -2.21. The molecule has 0 aliphatic heterocycles. The summed E-state index contributed by atoms with van der Waals surface area (Å²) in [6.07, 6.45) is 2.92. The van der Waals surface area contributed by atoms with E-state index in [1.165, 1.54) is 5.56 Å². The smallest absolute Gasteiger partial charge is 0.161 e. The third kappa shape index (κ3) is 7.09. The first-order valence-electron chi connectivity index (χ1n) is 7.93. The van der Waals surface area contributed by atoms with Crippen LogP contribution in [0.25, 0.3) is 0 Å². The van der Waals surface area contributed by atoms with Gasteiger partial charge in [-0.2, -0.15) is 11.8 Å². The highest BCUT2D eigenvalue weighted by molar-refractivity contribution is 7.99. The van der Waals surface area contributed by atoms with E-state index in [2.05, 4.69) is 26.0 Å². The van der Waals surface area contributed by atoms with Crippen LogP contribution in [-0.2, 0) is 6.42 Å². The van der Waals surface area contributed by atoms with Gasteiger partial charge in [-0.3, -0.25) is 0 Å². The molecule has 0 fully saturated rings. The summed E-state index contributed by atoms with van der Waals surface area (Å²) in [4.78, 5) is 0. The number of benzene rings is 1. The van der Waals surface area contributed by atoms with Crippen molar-refractivity contribution in [3.63, 3.8) is 0 Å². The summed E-state index contributed by atoms with van der Waals surface area (Å²) < 4.78 is 11.6. The molecule has 0 saturated heterocycles. The normalized spacial score (nSPS) is 12.2. The van der Waals surface area contributed by atoms with E-state index < -0.39 is 0 Å². The van der Waals surface area contributed by atoms with Crippen LogP contribution < -0.4 is 15.2 Å². The molecule has 0 saturated carbocycles. The fourth-order valence-corrected chi connectivity index (χ4v) is 2.61. The summed E-state index contributed by atoms with van der Waals surface area (Å²) in [6, 6.07) is 6.37. The summed E-state index contributed by atoms with van der Waals surface area (Å²) in [7, 11) is 0. The first-order valence-corrected chi connectivity index (χ1v) is 9.08. The second-order valence-corrected chi connectivity index (χ2v) is 6.38. The van der Waals surface area contributed by atoms with Crippen molar-refractivity contribution in [1.82, 2.24) is 0 Å². The molecule has 0 radical (unpaired) electrons. The molecule has 1 rings (SSSR count). The molecule has 0 spiro atoms. The van der Waals surface area contributed by atoms with E-state index in [4.69, 9.17) is 15.2 Å². The Morgan fingerprint density at radius 3 is 2.62 bits per heavy atom. The quantitative estimate of drug-likeness (QED) is 0.630. The zero-order valence-corrected chi connectivity index (χ0v) is 14.4. The van der Waals surface area contributed by atoms with Crippen LogP contribution in [0.3, 0.4) is 0 Å². The van der Waals surface area contributed by atoms with Crippen molar-refractivity contribution in [2.75, 3.05) is 24.7 Å². The molecule has 0 aliphatic rings. The number of rotatable bonds is 11. The van der Waals surface area contributed by atoms with E-state index in [0.717, 1.165) is 48.9 Å². The molecular weight excluding hydrogens is 282 g/mol. The van der Waals surface area contributed by atoms with Crippen molar-refractivity contribution < 1.29 is 9.47 Å². The van der Waals surface area contributed by atoms with Crippen molar-refractivity contribution >= 4 is 11.8 Å². The highest BCUT2D eigenvalue weighted by Crippen LogP contribution is 2.29. The third-order valence-electron chi connectivity index (χ3n) is 3.22. The Bertz CT molecular complexity index is 398. The topological polar surface area (TPSA) is 44.5 Å². The lowest BCUT2D eigenvalue weighted by Gasteiger charge is -2.15. The van der Waals surface area contributed by atoms with Gasteiger partial charge in [-0.1, -0.05) is 19.9 Å². The van der Waals surface area contributed by atoms with Gasteiger partial charge in [0, 0.05) is 6.04 Å². The average molecular weight is 311 g/mol. The average Bonchev–Trinajstić information content (AvgIpc) is 2.49. The van der Waals surface area contributed by atoms with Gasteiger partial charge in [-0.05, 0) is 55.4 Å². The molecule has 120 valence electrons. The third-order valence-corrected chi connectivity index (χ3v) is 4.21. The van der Waals surface area contributed by atoms with E-state index in [1.54, 1.807) is 0 Å². The Morgan fingerprint density at radius 1 is 1.14 bits per heavy atom. The van der Waals surface area contributed by atoms with Crippen LogP contribution in [0.1, 0.15) is 39.2 Å². The maximum absolute atomic E-state index is 6.02. The minimum atomic E-state index is 0.206. The molecule has 0 bridgehead atoms. The Balaban J connectivity index is 2.61. The van der Waals surface area contributed by atoms with Crippen LogP contribution in [-0.4, -0.2) is 30.8 Å². The van der Waals surface area contributed by atoms with Crippen molar-refractivity contribution in [3.8, 4) is 11.5 Å². The van der Waals surface area contributed by atoms with Crippen molar-refractivity contribution in [2.45, 2.75) is 46.1 Å². The molecule has 21 heavy (non-hydrogen) atoms. The maximum atomic E-state index is 6.02. The fraction of sp³-hybridized carbons (Fsp3) is 0.647. The number of hydrogen-bond acceptors (Lipinski definition) is 4. The molecule has 0 amide bonds. The summed E-state index contributed by atoms with van der Waals surface area (Å²) in [6.45, 7) is 7.66. The predicted octanol–water partition coefficient (Wildman–Crippen LogP) is 3.89. The zero-order chi connectivity index (χ0) is 15.5. The summed E-state index contributed by atoms with van der Waals surface area (Å²) >= 11 is 1.94. The number of ether oxygens (including phenoxy) is 2. The molecule has 0 aromatic heterocycles. The molecule has 2 N–H and O–H groups in total. The van der Waals surface area contributed by atoms with Crippen molar-refractivity contribution in [3.05, 3.63) is 23.8 Å². The highest BCUT2D eigenvalue weighted by atomic mass is 32.2. The lowest BCUT2D eigenvalue weighted by molar-refractivity contribution is 0.277. The molecule has 0 aliphatic carbocycles. The molecule has 1 unspecified atom stereocenters. The Morgan fingerprint density at radius 2 is 1.95 bits per heavy atom. The van der Waals surface area contributed by atoms with E-state index >= 15 is 0 Å². The fourth-order valence-electron chi connectivity index (χ4n) is 2.00. The van der Waals surface area contributed by atoms with Gasteiger partial charge < -0.3 is 15.2 Å². The number of thioether (sulfide) groups is 1. The predicted molar refractivity (Wildman–Crippen MR) is 92.7 cm³/mol. The van der Waals surface area contributed by atoms with Crippen LogP contribution in [0.2, 0.25) is 0 Å². The minimum absolute atomic E-state index is 0.206. The van der Waals surface area contributed by atoms with Crippen molar-refractivity contribution in [1.29, 1.82) is 0 Å². The SMILES string of the molecule is CCOc1cc(CC(N)CC)ccc1OCCCSCC. The number of hydrogen-bond donors (Lipinski definition) is 1. The van der Waals surface area contributed by atoms with Gasteiger partial charge >= 0.3 is 0 Å². The second kappa shape index (κ2) is 10.8. The van der Waals surface area contributed by atoms with Gasteiger partial charge in [0.05, 0.1) is 13.2 Å². The minimum Gasteiger partial charge on any atom is -0.490 e. The van der Waals surface area contributed by atoms with E-state index in [1.807, 2.05) is 24.8 Å². The summed E-state index contributed by atoms with van der Waals surface area (Å²) in [5, 5.41) is 0. The molecule has 1 aromatic rings.